The zero-order chi connectivity index (χ0) is 23.2. The fourth-order valence-electron chi connectivity index (χ4n) is 3.62. The van der Waals surface area contributed by atoms with Gasteiger partial charge in [0.05, 0.1) is 26.0 Å². The van der Waals surface area contributed by atoms with Crippen molar-refractivity contribution >= 4 is 17.5 Å². The molecule has 4 rings (SSSR count). The Morgan fingerprint density at radius 1 is 1.09 bits per heavy atom. The van der Waals surface area contributed by atoms with Crippen LogP contribution in [0.2, 0.25) is 0 Å². The van der Waals surface area contributed by atoms with E-state index >= 15 is 0 Å². The minimum absolute atomic E-state index is 0.0693. The Morgan fingerprint density at radius 2 is 1.88 bits per heavy atom. The summed E-state index contributed by atoms with van der Waals surface area (Å²) in [7, 11) is 1.58. The van der Waals surface area contributed by atoms with Crippen molar-refractivity contribution in [1.82, 2.24) is 14.9 Å². The van der Waals surface area contributed by atoms with Gasteiger partial charge in [-0.2, -0.15) is 0 Å². The number of aromatic nitrogens is 2. The minimum atomic E-state index is -0.316. The molecular weight excluding hydrogens is 420 g/mol. The maximum atomic E-state index is 12.8. The van der Waals surface area contributed by atoms with Crippen LogP contribution in [0.3, 0.4) is 0 Å². The standard InChI is InChI=1S/C25H28N4O4/c1-17-10-11-20(21(14-17)31-3)33-16-25(30)29-12-13-32-22(15-29)19-7-5-9-24(27-19)28-23-8-4-6-18(2)26-23/h4-11,14,22H,12-13,15-16H2,1-3H3,(H,26,27,28). The van der Waals surface area contributed by atoms with Crippen molar-refractivity contribution in [2.75, 3.05) is 38.7 Å². The number of rotatable bonds is 7. The summed E-state index contributed by atoms with van der Waals surface area (Å²) in [5.74, 6) is 2.45. The lowest BCUT2D eigenvalue weighted by molar-refractivity contribution is -0.141. The highest BCUT2D eigenvalue weighted by Gasteiger charge is 2.27. The number of aryl methyl sites for hydroxylation is 2. The molecule has 1 saturated heterocycles. The fraction of sp³-hybridized carbons (Fsp3) is 0.320. The monoisotopic (exact) mass is 448 g/mol. The van der Waals surface area contributed by atoms with Crippen LogP contribution in [0.15, 0.2) is 54.6 Å². The summed E-state index contributed by atoms with van der Waals surface area (Å²) in [5, 5.41) is 3.22. The topological polar surface area (TPSA) is 85.8 Å². The molecule has 2 aromatic heterocycles. The number of ether oxygens (including phenoxy) is 3. The van der Waals surface area contributed by atoms with Crippen LogP contribution in [0.5, 0.6) is 11.5 Å². The molecule has 1 amide bonds. The van der Waals surface area contributed by atoms with E-state index in [-0.39, 0.29) is 18.6 Å². The number of carbonyl (C=O) groups is 1. The first-order valence-corrected chi connectivity index (χ1v) is 10.9. The van der Waals surface area contributed by atoms with E-state index in [4.69, 9.17) is 14.2 Å². The first-order chi connectivity index (χ1) is 16.0. The molecule has 1 aliphatic rings. The molecule has 1 unspecified atom stereocenters. The lowest BCUT2D eigenvalue weighted by atomic mass is 10.2. The highest BCUT2D eigenvalue weighted by Crippen LogP contribution is 2.28. The predicted molar refractivity (Wildman–Crippen MR) is 125 cm³/mol. The number of hydrogen-bond donors (Lipinski definition) is 1. The number of pyridine rings is 2. The first kappa shape index (κ1) is 22.5. The van der Waals surface area contributed by atoms with Crippen LogP contribution in [0.25, 0.3) is 0 Å². The molecule has 0 spiro atoms. The van der Waals surface area contributed by atoms with Crippen molar-refractivity contribution in [3.63, 3.8) is 0 Å². The average molecular weight is 449 g/mol. The van der Waals surface area contributed by atoms with Gasteiger partial charge in [-0.3, -0.25) is 4.79 Å². The van der Waals surface area contributed by atoms with E-state index < -0.39 is 0 Å². The van der Waals surface area contributed by atoms with Crippen molar-refractivity contribution in [2.45, 2.75) is 20.0 Å². The van der Waals surface area contributed by atoms with Crippen LogP contribution in [-0.4, -0.2) is 54.2 Å². The molecule has 1 aromatic carbocycles. The predicted octanol–water partition coefficient (Wildman–Crippen LogP) is 3.82. The summed E-state index contributed by atoms with van der Waals surface area (Å²) in [4.78, 5) is 23.7. The summed E-state index contributed by atoms with van der Waals surface area (Å²) in [6.07, 6.45) is -0.316. The lowest BCUT2D eigenvalue weighted by Crippen LogP contribution is -2.44. The molecule has 0 bridgehead atoms. The number of benzene rings is 1. The van der Waals surface area contributed by atoms with E-state index in [0.717, 1.165) is 22.8 Å². The van der Waals surface area contributed by atoms with Crippen molar-refractivity contribution in [3.8, 4) is 11.5 Å². The zero-order valence-electron chi connectivity index (χ0n) is 19.1. The van der Waals surface area contributed by atoms with Crippen molar-refractivity contribution in [3.05, 3.63) is 71.5 Å². The molecule has 8 heteroatoms. The van der Waals surface area contributed by atoms with Gasteiger partial charge in [-0.05, 0) is 55.8 Å². The maximum absolute atomic E-state index is 12.8. The van der Waals surface area contributed by atoms with E-state index in [2.05, 4.69) is 15.3 Å². The molecule has 1 atom stereocenters. The second kappa shape index (κ2) is 10.3. The quantitative estimate of drug-likeness (QED) is 0.588. The van der Waals surface area contributed by atoms with Crippen LogP contribution in [-0.2, 0) is 9.53 Å². The van der Waals surface area contributed by atoms with Crippen LogP contribution in [0, 0.1) is 13.8 Å². The number of nitrogens with zero attached hydrogens (tertiary/aromatic N) is 3. The third-order valence-electron chi connectivity index (χ3n) is 5.33. The number of anilines is 2. The Labute approximate surface area is 193 Å². The fourth-order valence-corrected chi connectivity index (χ4v) is 3.62. The number of carbonyl (C=O) groups excluding carboxylic acids is 1. The number of hydrogen-bond acceptors (Lipinski definition) is 7. The summed E-state index contributed by atoms with van der Waals surface area (Å²) in [6.45, 7) is 5.20. The van der Waals surface area contributed by atoms with Gasteiger partial charge in [0.1, 0.15) is 17.7 Å². The number of amides is 1. The maximum Gasteiger partial charge on any atom is 0.260 e. The molecule has 0 radical (unpaired) electrons. The van der Waals surface area contributed by atoms with Crippen LogP contribution in [0.1, 0.15) is 23.1 Å². The highest BCUT2D eigenvalue weighted by atomic mass is 16.5. The van der Waals surface area contributed by atoms with E-state index in [9.17, 15) is 4.79 Å². The van der Waals surface area contributed by atoms with Crippen molar-refractivity contribution < 1.29 is 19.0 Å². The first-order valence-electron chi connectivity index (χ1n) is 10.9. The molecule has 0 saturated carbocycles. The Hall–Kier alpha value is -3.65. The minimum Gasteiger partial charge on any atom is -0.493 e. The lowest BCUT2D eigenvalue weighted by Gasteiger charge is -2.32. The Kier molecular flexibility index (Phi) is 7.04. The number of morpholine rings is 1. The van der Waals surface area contributed by atoms with Crippen LogP contribution < -0.4 is 14.8 Å². The number of methoxy groups -OCH3 is 1. The summed E-state index contributed by atoms with van der Waals surface area (Å²) < 4.78 is 17.0. The summed E-state index contributed by atoms with van der Waals surface area (Å²) in [5.41, 5.74) is 2.74. The highest BCUT2D eigenvalue weighted by molar-refractivity contribution is 5.78. The van der Waals surface area contributed by atoms with Crippen molar-refractivity contribution in [1.29, 1.82) is 0 Å². The molecule has 3 heterocycles. The zero-order valence-corrected chi connectivity index (χ0v) is 19.1. The van der Waals surface area contributed by atoms with E-state index in [1.807, 2.05) is 68.4 Å². The molecule has 8 nitrogen and oxygen atoms in total. The van der Waals surface area contributed by atoms with Gasteiger partial charge < -0.3 is 24.4 Å². The smallest absolute Gasteiger partial charge is 0.260 e. The molecule has 3 aromatic rings. The summed E-state index contributed by atoms with van der Waals surface area (Å²) in [6, 6.07) is 17.1. The van der Waals surface area contributed by atoms with Gasteiger partial charge in [-0.25, -0.2) is 9.97 Å². The van der Waals surface area contributed by atoms with Gasteiger partial charge in [-0.1, -0.05) is 18.2 Å². The molecule has 33 heavy (non-hydrogen) atoms. The van der Waals surface area contributed by atoms with E-state index in [0.29, 0.717) is 37.0 Å². The normalized spacial score (nSPS) is 15.7. The third kappa shape index (κ3) is 5.78. The summed E-state index contributed by atoms with van der Waals surface area (Å²) >= 11 is 0. The number of nitrogens with one attached hydrogen (secondary N) is 1. The van der Waals surface area contributed by atoms with Crippen LogP contribution >= 0.6 is 0 Å². The second-order valence-corrected chi connectivity index (χ2v) is 7.88. The Bertz CT molecular complexity index is 1120. The van der Waals surface area contributed by atoms with Gasteiger partial charge in [0.2, 0.25) is 0 Å². The molecule has 0 aliphatic carbocycles. The van der Waals surface area contributed by atoms with Gasteiger partial charge in [0, 0.05) is 12.2 Å². The SMILES string of the molecule is COc1cc(C)ccc1OCC(=O)N1CCOC(c2cccc(Nc3cccc(C)n3)n2)C1. The Balaban J connectivity index is 1.38. The van der Waals surface area contributed by atoms with Crippen molar-refractivity contribution in [2.24, 2.45) is 0 Å². The average Bonchev–Trinajstić information content (AvgIpc) is 2.83. The van der Waals surface area contributed by atoms with Gasteiger partial charge in [0.25, 0.3) is 5.91 Å². The van der Waals surface area contributed by atoms with Gasteiger partial charge in [0.15, 0.2) is 18.1 Å². The molecule has 1 fully saturated rings. The third-order valence-corrected chi connectivity index (χ3v) is 5.33. The van der Waals surface area contributed by atoms with Gasteiger partial charge >= 0.3 is 0 Å². The van der Waals surface area contributed by atoms with E-state index in [1.54, 1.807) is 12.0 Å². The Morgan fingerprint density at radius 3 is 2.67 bits per heavy atom. The van der Waals surface area contributed by atoms with E-state index in [1.165, 1.54) is 0 Å². The molecule has 1 aliphatic heterocycles. The largest absolute Gasteiger partial charge is 0.493 e. The second-order valence-electron chi connectivity index (χ2n) is 7.88. The molecule has 172 valence electrons. The van der Waals surface area contributed by atoms with Gasteiger partial charge in [-0.15, -0.1) is 0 Å². The molecule has 1 N–H and O–H groups in total. The molecular formula is C25H28N4O4. The van der Waals surface area contributed by atoms with Crippen LogP contribution in [0.4, 0.5) is 11.6 Å².